The van der Waals surface area contributed by atoms with Crippen LogP contribution in [0, 0.1) is 0 Å². The van der Waals surface area contributed by atoms with Crippen molar-refractivity contribution in [2.45, 2.75) is 13.0 Å². The van der Waals surface area contributed by atoms with Gasteiger partial charge in [0.25, 0.3) is 0 Å². The molecule has 0 aliphatic rings. The monoisotopic (exact) mass is 375 g/mol. The van der Waals surface area contributed by atoms with Crippen molar-refractivity contribution in [3.63, 3.8) is 0 Å². The molecule has 0 aliphatic carbocycles. The number of esters is 1. The quantitative estimate of drug-likeness (QED) is 0.503. The fourth-order valence-electron chi connectivity index (χ4n) is 2.16. The largest absolute Gasteiger partial charge is 0.450 e. The molecule has 8 heteroatoms. The maximum Gasteiger partial charge on any atom is 0.358 e. The molecule has 6 nitrogen and oxygen atoms in total. The molecule has 2 heterocycles. The Morgan fingerprint density at radius 2 is 2.00 bits per heavy atom. The van der Waals surface area contributed by atoms with E-state index in [1.165, 1.54) is 18.3 Å². The van der Waals surface area contributed by atoms with E-state index in [1.54, 1.807) is 53.8 Å². The lowest BCUT2D eigenvalue weighted by molar-refractivity contribution is 0.0314. The number of Topliss-reactive ketones (excluding diaryl/α,β-unsaturated/α-hetero) is 1. The number of ether oxygens (including phenoxy) is 1. The number of nitrogens with zero attached hydrogens (tertiary/aromatic N) is 3. The van der Waals surface area contributed by atoms with Crippen molar-refractivity contribution in [1.29, 1.82) is 0 Å². The van der Waals surface area contributed by atoms with Crippen LogP contribution in [0.25, 0.3) is 10.6 Å². The molecule has 0 bridgehead atoms. The maximum absolute atomic E-state index is 12.3. The van der Waals surface area contributed by atoms with Gasteiger partial charge in [-0.1, -0.05) is 11.6 Å². The minimum Gasteiger partial charge on any atom is -0.450 e. The van der Waals surface area contributed by atoms with Gasteiger partial charge in [-0.25, -0.2) is 9.78 Å². The van der Waals surface area contributed by atoms with Crippen molar-refractivity contribution in [3.05, 3.63) is 58.3 Å². The molecule has 1 unspecified atom stereocenters. The van der Waals surface area contributed by atoms with Crippen LogP contribution in [0.4, 0.5) is 0 Å². The molecule has 0 saturated carbocycles. The third-order valence-corrected chi connectivity index (χ3v) is 4.59. The molecule has 2 aromatic heterocycles. The summed E-state index contributed by atoms with van der Waals surface area (Å²) in [6.45, 7) is 1.53. The van der Waals surface area contributed by atoms with E-state index >= 15 is 0 Å². The molecule has 128 valence electrons. The molecule has 0 N–H and O–H groups in total. The Bertz CT molecular complexity index is 917. The Morgan fingerprint density at radius 3 is 2.64 bits per heavy atom. The Kier molecular flexibility index (Phi) is 4.96. The minimum absolute atomic E-state index is 0.166. The van der Waals surface area contributed by atoms with Crippen molar-refractivity contribution < 1.29 is 14.3 Å². The molecule has 3 aromatic rings. The highest BCUT2D eigenvalue weighted by atomic mass is 35.5. The number of carbonyl (C=O) groups is 2. The first-order chi connectivity index (χ1) is 11.9. The number of thiazole rings is 1. The topological polar surface area (TPSA) is 74.1 Å². The molecule has 0 aliphatic heterocycles. The number of carbonyl (C=O) groups excluding carboxylic acids is 2. The Morgan fingerprint density at radius 1 is 1.28 bits per heavy atom. The summed E-state index contributed by atoms with van der Waals surface area (Å²) < 4.78 is 6.89. The van der Waals surface area contributed by atoms with Gasteiger partial charge in [-0.3, -0.25) is 9.48 Å². The third-order valence-electron chi connectivity index (χ3n) is 3.45. The summed E-state index contributed by atoms with van der Waals surface area (Å²) in [4.78, 5) is 28.8. The molecule has 0 amide bonds. The molecule has 3 rings (SSSR count). The van der Waals surface area contributed by atoms with Crippen LogP contribution in [0.5, 0.6) is 0 Å². The summed E-state index contributed by atoms with van der Waals surface area (Å²) >= 11 is 7.12. The molecule has 1 atom stereocenters. The number of benzene rings is 1. The van der Waals surface area contributed by atoms with Crippen molar-refractivity contribution in [3.8, 4) is 10.6 Å². The molecular formula is C17H14ClN3O3S. The predicted octanol–water partition coefficient (Wildman–Crippen LogP) is 3.63. The summed E-state index contributed by atoms with van der Waals surface area (Å²) in [5.41, 5.74) is 1.41. The summed E-state index contributed by atoms with van der Waals surface area (Å²) in [6.07, 6.45) is 2.55. The smallest absolute Gasteiger partial charge is 0.358 e. The van der Waals surface area contributed by atoms with Crippen LogP contribution < -0.4 is 0 Å². The molecule has 0 fully saturated rings. The molecule has 0 radical (unpaired) electrons. The molecular weight excluding hydrogens is 362 g/mol. The molecule has 1 aromatic carbocycles. The second kappa shape index (κ2) is 7.16. The van der Waals surface area contributed by atoms with Crippen LogP contribution in [0.2, 0.25) is 5.02 Å². The van der Waals surface area contributed by atoms with Crippen LogP contribution in [0.3, 0.4) is 0 Å². The van der Waals surface area contributed by atoms with E-state index in [1.807, 2.05) is 0 Å². The highest BCUT2D eigenvalue weighted by molar-refractivity contribution is 7.13. The number of halogens is 1. The maximum atomic E-state index is 12.3. The lowest BCUT2D eigenvalue weighted by atomic mass is 10.1. The average Bonchev–Trinajstić information content (AvgIpc) is 3.23. The van der Waals surface area contributed by atoms with E-state index in [9.17, 15) is 9.59 Å². The zero-order valence-electron chi connectivity index (χ0n) is 13.5. The zero-order chi connectivity index (χ0) is 18.0. The molecule has 0 saturated heterocycles. The number of hydrogen-bond acceptors (Lipinski definition) is 6. The fraction of sp³-hybridized carbons (Fsp3) is 0.176. The standard InChI is InChI=1S/C17H14ClN3O3S/c1-10(15(22)11-3-5-13(18)6-4-11)24-17(23)14-9-25-16(20-14)12-7-19-21(2)8-12/h3-10H,1-2H3. The number of aryl methyl sites for hydroxylation is 1. The second-order valence-corrected chi connectivity index (χ2v) is 6.65. The number of rotatable bonds is 5. The first kappa shape index (κ1) is 17.3. The van der Waals surface area contributed by atoms with Crippen molar-refractivity contribution >= 4 is 34.7 Å². The minimum atomic E-state index is -0.919. The van der Waals surface area contributed by atoms with Crippen molar-refractivity contribution in [2.75, 3.05) is 0 Å². The first-order valence-electron chi connectivity index (χ1n) is 7.39. The van der Waals surface area contributed by atoms with Crippen molar-refractivity contribution in [1.82, 2.24) is 14.8 Å². The van der Waals surface area contributed by atoms with Crippen LogP contribution in [0.1, 0.15) is 27.8 Å². The van der Waals surface area contributed by atoms with Gasteiger partial charge in [0.05, 0.1) is 6.20 Å². The van der Waals surface area contributed by atoms with Crippen molar-refractivity contribution in [2.24, 2.45) is 7.05 Å². The Hall–Kier alpha value is -2.51. The van der Waals surface area contributed by atoms with E-state index in [0.717, 1.165) is 5.56 Å². The van der Waals surface area contributed by atoms with Gasteiger partial charge in [-0.2, -0.15) is 5.10 Å². The fourth-order valence-corrected chi connectivity index (χ4v) is 3.05. The average molecular weight is 376 g/mol. The van der Waals surface area contributed by atoms with Gasteiger partial charge < -0.3 is 4.74 Å². The summed E-state index contributed by atoms with van der Waals surface area (Å²) in [5.74, 6) is -0.936. The lowest BCUT2D eigenvalue weighted by Crippen LogP contribution is -2.24. The number of hydrogen-bond donors (Lipinski definition) is 0. The van der Waals surface area contributed by atoms with E-state index in [-0.39, 0.29) is 11.5 Å². The number of aromatic nitrogens is 3. The number of ketones is 1. The summed E-state index contributed by atoms with van der Waals surface area (Å²) in [7, 11) is 1.80. The van der Waals surface area contributed by atoms with Crippen LogP contribution in [-0.2, 0) is 11.8 Å². The highest BCUT2D eigenvalue weighted by Gasteiger charge is 2.22. The normalized spacial score (nSPS) is 12.0. The Balaban J connectivity index is 1.68. The summed E-state index contributed by atoms with van der Waals surface area (Å²) in [5, 5.41) is 6.87. The van der Waals surface area contributed by atoms with E-state index < -0.39 is 12.1 Å². The van der Waals surface area contributed by atoms with Crippen LogP contribution in [0.15, 0.2) is 42.0 Å². The van der Waals surface area contributed by atoms with Gasteiger partial charge in [0, 0.05) is 34.8 Å². The van der Waals surface area contributed by atoms with Gasteiger partial charge in [-0.15, -0.1) is 11.3 Å². The lowest BCUT2D eigenvalue weighted by Gasteiger charge is -2.11. The van der Waals surface area contributed by atoms with Gasteiger partial charge in [0.15, 0.2) is 11.8 Å². The van der Waals surface area contributed by atoms with Gasteiger partial charge in [0.2, 0.25) is 5.78 Å². The van der Waals surface area contributed by atoms with Crippen LogP contribution >= 0.6 is 22.9 Å². The van der Waals surface area contributed by atoms with E-state index in [2.05, 4.69) is 10.1 Å². The molecule has 25 heavy (non-hydrogen) atoms. The first-order valence-corrected chi connectivity index (χ1v) is 8.65. The van der Waals surface area contributed by atoms with E-state index in [4.69, 9.17) is 16.3 Å². The van der Waals surface area contributed by atoms with E-state index in [0.29, 0.717) is 15.6 Å². The van der Waals surface area contributed by atoms with Gasteiger partial charge >= 0.3 is 5.97 Å². The van der Waals surface area contributed by atoms with Crippen LogP contribution in [-0.4, -0.2) is 32.6 Å². The third kappa shape index (κ3) is 3.94. The summed E-state index contributed by atoms with van der Waals surface area (Å²) in [6, 6.07) is 6.42. The second-order valence-electron chi connectivity index (χ2n) is 5.36. The Labute approximate surface area is 153 Å². The highest BCUT2D eigenvalue weighted by Crippen LogP contribution is 2.23. The van der Waals surface area contributed by atoms with Gasteiger partial charge in [-0.05, 0) is 31.2 Å². The predicted molar refractivity (Wildman–Crippen MR) is 95.0 cm³/mol. The van der Waals surface area contributed by atoms with Gasteiger partial charge in [0.1, 0.15) is 5.01 Å². The zero-order valence-corrected chi connectivity index (χ0v) is 15.0. The molecule has 0 spiro atoms. The SMILES string of the molecule is CC(OC(=O)c1csc(-c2cnn(C)c2)n1)C(=O)c1ccc(Cl)cc1.